The fraction of sp³-hybridized carbons (Fsp3) is 1.00. The van der Waals surface area contributed by atoms with Crippen molar-refractivity contribution in [1.29, 1.82) is 0 Å². The third-order valence-electron chi connectivity index (χ3n) is 1.29. The number of aliphatic hydroxyl groups excluding tert-OH is 1. The van der Waals surface area contributed by atoms with Crippen molar-refractivity contribution in [2.24, 2.45) is 0 Å². The Hall–Kier alpha value is -0.570. The van der Waals surface area contributed by atoms with Crippen LogP contribution in [0.15, 0.2) is 0 Å². The van der Waals surface area contributed by atoms with Crippen LogP contribution < -0.4 is 0 Å². The largest absolute Gasteiger partial charge is 0.421 e. The highest BCUT2D eigenvalue weighted by Gasteiger charge is 2.57. The van der Waals surface area contributed by atoms with E-state index in [9.17, 15) is 30.7 Å². The molecule has 0 heterocycles. The maximum absolute atomic E-state index is 12.3. The van der Waals surface area contributed by atoms with Crippen LogP contribution in [0.4, 0.5) is 30.7 Å². The smallest absolute Gasteiger partial charge is 0.390 e. The number of hydrogen-bond acceptors (Lipinski definition) is 2. The van der Waals surface area contributed by atoms with Gasteiger partial charge in [-0.05, 0) is 0 Å². The van der Waals surface area contributed by atoms with E-state index in [4.69, 9.17) is 5.11 Å². The van der Waals surface area contributed by atoms with Crippen molar-refractivity contribution in [3.05, 3.63) is 0 Å². The number of aliphatic hydroxyl groups is 1. The van der Waals surface area contributed by atoms with Crippen LogP contribution in [-0.4, -0.2) is 36.5 Å². The van der Waals surface area contributed by atoms with Gasteiger partial charge in [0.25, 0.3) is 0 Å². The summed E-state index contributed by atoms with van der Waals surface area (Å²) in [5.41, 5.74) is 0. The third-order valence-corrected chi connectivity index (χ3v) is 1.29. The number of ether oxygens (including phenoxy) is 1. The molecule has 1 N–H and O–H groups in total. The molecule has 0 spiro atoms. The molecule has 0 aromatic rings. The van der Waals surface area contributed by atoms with Crippen molar-refractivity contribution in [2.75, 3.05) is 13.2 Å². The Morgan fingerprint density at radius 2 is 1.40 bits per heavy atom. The highest BCUT2D eigenvalue weighted by Crippen LogP contribution is 2.35. The van der Waals surface area contributed by atoms with Crippen LogP contribution in [0.1, 0.15) is 6.42 Å². The van der Waals surface area contributed by atoms with Crippen LogP contribution in [-0.2, 0) is 4.74 Å². The molecule has 0 saturated carbocycles. The Balaban J connectivity index is 4.17. The van der Waals surface area contributed by atoms with E-state index in [1.807, 2.05) is 0 Å². The second-order valence-corrected chi connectivity index (χ2v) is 2.59. The predicted molar refractivity (Wildman–Crippen MR) is 33.6 cm³/mol. The van der Waals surface area contributed by atoms with E-state index in [0.29, 0.717) is 0 Å². The molecule has 9 heteroatoms. The number of alkyl halides is 7. The summed E-state index contributed by atoms with van der Waals surface area (Å²) in [5.74, 6) is -4.90. The average Bonchev–Trinajstić information content (AvgIpc) is 2.01. The lowest BCUT2D eigenvalue weighted by molar-refractivity contribution is -0.357. The molecule has 0 aromatic heterocycles. The summed E-state index contributed by atoms with van der Waals surface area (Å²) in [5, 5.41) is 7.86. The van der Waals surface area contributed by atoms with Crippen LogP contribution in [0.5, 0.6) is 0 Å². The Kier molecular flexibility index (Phi) is 4.35. The van der Waals surface area contributed by atoms with Gasteiger partial charge in [-0.25, -0.2) is 0 Å². The van der Waals surface area contributed by atoms with Crippen molar-refractivity contribution in [3.63, 3.8) is 0 Å². The predicted octanol–water partition coefficient (Wildman–Crippen LogP) is 2.18. The SMILES string of the molecule is OCC(F)(F)C(F)(F)OCCC(F)(F)F. The molecule has 15 heavy (non-hydrogen) atoms. The summed E-state index contributed by atoms with van der Waals surface area (Å²) >= 11 is 0. The topological polar surface area (TPSA) is 29.5 Å². The van der Waals surface area contributed by atoms with Gasteiger partial charge >= 0.3 is 18.2 Å². The highest BCUT2D eigenvalue weighted by atomic mass is 19.4. The zero-order valence-electron chi connectivity index (χ0n) is 7.12. The fourth-order valence-corrected chi connectivity index (χ4v) is 0.493. The molecule has 0 amide bonds. The van der Waals surface area contributed by atoms with Gasteiger partial charge in [-0.3, -0.25) is 0 Å². The monoisotopic (exact) mass is 244 g/mol. The van der Waals surface area contributed by atoms with E-state index in [2.05, 4.69) is 4.74 Å². The fourth-order valence-electron chi connectivity index (χ4n) is 0.493. The lowest BCUT2D eigenvalue weighted by Gasteiger charge is -2.24. The van der Waals surface area contributed by atoms with E-state index in [1.54, 1.807) is 0 Å². The lowest BCUT2D eigenvalue weighted by atomic mass is 10.3. The van der Waals surface area contributed by atoms with Crippen molar-refractivity contribution in [3.8, 4) is 0 Å². The van der Waals surface area contributed by atoms with Gasteiger partial charge in [-0.15, -0.1) is 0 Å². The van der Waals surface area contributed by atoms with Crippen LogP contribution in [0.25, 0.3) is 0 Å². The molecular formula is C6H7F7O2. The molecule has 0 bridgehead atoms. The minimum atomic E-state index is -5.12. The molecule has 0 atom stereocenters. The van der Waals surface area contributed by atoms with E-state index < -0.39 is 37.8 Å². The Morgan fingerprint density at radius 3 is 1.73 bits per heavy atom. The number of halogens is 7. The van der Waals surface area contributed by atoms with Gasteiger partial charge < -0.3 is 9.84 Å². The van der Waals surface area contributed by atoms with Crippen molar-refractivity contribution >= 4 is 0 Å². The molecule has 0 aliphatic rings. The molecule has 92 valence electrons. The summed E-state index contributed by atoms with van der Waals surface area (Å²) in [6.07, 6.45) is -11.7. The molecule has 0 aliphatic heterocycles. The minimum Gasteiger partial charge on any atom is -0.390 e. The van der Waals surface area contributed by atoms with Gasteiger partial charge in [0.15, 0.2) is 0 Å². The van der Waals surface area contributed by atoms with Gasteiger partial charge in [0.05, 0.1) is 13.0 Å². The first-order valence-electron chi connectivity index (χ1n) is 3.59. The van der Waals surface area contributed by atoms with Crippen LogP contribution >= 0.6 is 0 Å². The van der Waals surface area contributed by atoms with Crippen LogP contribution in [0, 0.1) is 0 Å². The summed E-state index contributed by atoms with van der Waals surface area (Å²) in [4.78, 5) is 0. The summed E-state index contributed by atoms with van der Waals surface area (Å²) in [6, 6.07) is 0. The molecular weight excluding hydrogens is 237 g/mol. The van der Waals surface area contributed by atoms with E-state index >= 15 is 0 Å². The van der Waals surface area contributed by atoms with Crippen molar-refractivity contribution in [2.45, 2.75) is 24.6 Å². The van der Waals surface area contributed by atoms with Gasteiger partial charge in [-0.1, -0.05) is 0 Å². The van der Waals surface area contributed by atoms with Gasteiger partial charge in [-0.2, -0.15) is 30.7 Å². The van der Waals surface area contributed by atoms with Gasteiger partial charge in [0.1, 0.15) is 6.61 Å². The molecule has 0 radical (unpaired) electrons. The highest BCUT2D eigenvalue weighted by molar-refractivity contribution is 4.75. The first kappa shape index (κ1) is 14.4. The number of rotatable bonds is 5. The average molecular weight is 244 g/mol. The molecule has 2 nitrogen and oxygen atoms in total. The van der Waals surface area contributed by atoms with Gasteiger partial charge in [0.2, 0.25) is 0 Å². The molecule has 0 rings (SSSR count). The maximum Gasteiger partial charge on any atom is 0.421 e. The molecule has 0 fully saturated rings. The van der Waals surface area contributed by atoms with E-state index in [1.165, 1.54) is 0 Å². The third kappa shape index (κ3) is 4.65. The summed E-state index contributed by atoms with van der Waals surface area (Å²) in [6.45, 7) is -3.82. The molecule has 0 saturated heterocycles. The normalized spacial score (nSPS) is 14.4. The van der Waals surface area contributed by atoms with E-state index in [0.717, 1.165) is 0 Å². The van der Waals surface area contributed by atoms with Gasteiger partial charge in [0, 0.05) is 0 Å². The van der Waals surface area contributed by atoms with Crippen LogP contribution in [0.3, 0.4) is 0 Å². The molecule has 0 unspecified atom stereocenters. The molecule has 0 aliphatic carbocycles. The Bertz CT molecular complexity index is 200. The second kappa shape index (κ2) is 4.52. The maximum atomic E-state index is 12.3. The van der Waals surface area contributed by atoms with E-state index in [-0.39, 0.29) is 0 Å². The zero-order valence-corrected chi connectivity index (χ0v) is 7.12. The first-order valence-corrected chi connectivity index (χ1v) is 3.59. The van der Waals surface area contributed by atoms with Crippen molar-refractivity contribution in [1.82, 2.24) is 0 Å². The zero-order chi connectivity index (χ0) is 12.3. The van der Waals surface area contributed by atoms with Crippen molar-refractivity contribution < 1.29 is 40.6 Å². The standard InChI is InChI=1S/C6H7F7O2/c7-4(8,3-14)6(12,13)15-2-1-5(9,10)11/h14H,1-3H2. The second-order valence-electron chi connectivity index (χ2n) is 2.59. The summed E-state index contributed by atoms with van der Waals surface area (Å²) < 4.78 is 86.3. The quantitative estimate of drug-likeness (QED) is 0.751. The summed E-state index contributed by atoms with van der Waals surface area (Å²) in [7, 11) is 0. The molecule has 0 aromatic carbocycles. The minimum absolute atomic E-state index is 1.61. The Morgan fingerprint density at radius 1 is 0.933 bits per heavy atom. The first-order chi connectivity index (χ1) is 6.52. The Labute approximate surface area is 79.6 Å². The van der Waals surface area contributed by atoms with Crippen LogP contribution in [0.2, 0.25) is 0 Å². The number of hydrogen-bond donors (Lipinski definition) is 1. The lowest BCUT2D eigenvalue weighted by Crippen LogP contribution is -2.46.